The second kappa shape index (κ2) is 4.03. The summed E-state index contributed by atoms with van der Waals surface area (Å²) in [5.74, 6) is 1.67. The van der Waals surface area contributed by atoms with Gasteiger partial charge in [0.05, 0.1) is 5.69 Å². The summed E-state index contributed by atoms with van der Waals surface area (Å²) in [7, 11) is 1.82. The van der Waals surface area contributed by atoms with Crippen molar-refractivity contribution < 1.29 is 5.11 Å². The van der Waals surface area contributed by atoms with Gasteiger partial charge in [0.25, 0.3) is 0 Å². The summed E-state index contributed by atoms with van der Waals surface area (Å²) in [6.07, 6.45) is 3.82. The van der Waals surface area contributed by atoms with Crippen molar-refractivity contribution in [3.63, 3.8) is 0 Å². The summed E-state index contributed by atoms with van der Waals surface area (Å²) in [5, 5.41) is 12.2. The van der Waals surface area contributed by atoms with Crippen LogP contribution < -0.4 is 5.32 Å². The number of rotatable bonds is 2. The van der Waals surface area contributed by atoms with Gasteiger partial charge in [0.1, 0.15) is 11.6 Å². The van der Waals surface area contributed by atoms with Crippen molar-refractivity contribution in [3.8, 4) is 17.0 Å². The highest BCUT2D eigenvalue weighted by Crippen LogP contribution is 2.21. The molecule has 5 nitrogen and oxygen atoms in total. The van der Waals surface area contributed by atoms with E-state index in [1.807, 2.05) is 42.0 Å². The van der Waals surface area contributed by atoms with Crippen LogP contribution in [-0.2, 0) is 0 Å². The van der Waals surface area contributed by atoms with Crippen LogP contribution in [0.3, 0.4) is 0 Å². The second-order valence-electron chi connectivity index (χ2n) is 3.94. The van der Waals surface area contributed by atoms with E-state index in [4.69, 9.17) is 0 Å². The van der Waals surface area contributed by atoms with Crippen LogP contribution in [0.4, 0.5) is 5.82 Å². The monoisotopic (exact) mass is 240 g/mol. The van der Waals surface area contributed by atoms with Crippen LogP contribution in [0.15, 0.2) is 42.7 Å². The fourth-order valence-electron chi connectivity index (χ4n) is 1.78. The average molecular weight is 240 g/mol. The Hall–Kier alpha value is -2.56. The SMILES string of the molecule is CNc1ccn2cc(-c3ccc(O)cc3)nc2n1. The van der Waals surface area contributed by atoms with E-state index in [9.17, 15) is 5.11 Å². The summed E-state index contributed by atoms with van der Waals surface area (Å²) < 4.78 is 1.86. The van der Waals surface area contributed by atoms with E-state index in [-0.39, 0.29) is 5.75 Å². The molecule has 5 heteroatoms. The highest BCUT2D eigenvalue weighted by molar-refractivity contribution is 5.62. The number of aromatic nitrogens is 3. The van der Waals surface area contributed by atoms with Gasteiger partial charge in [-0.25, -0.2) is 4.98 Å². The molecular weight excluding hydrogens is 228 g/mol. The van der Waals surface area contributed by atoms with Crippen molar-refractivity contribution >= 4 is 11.6 Å². The van der Waals surface area contributed by atoms with Crippen LogP contribution in [0.2, 0.25) is 0 Å². The van der Waals surface area contributed by atoms with Crippen LogP contribution in [0.5, 0.6) is 5.75 Å². The van der Waals surface area contributed by atoms with E-state index >= 15 is 0 Å². The Morgan fingerprint density at radius 1 is 1.11 bits per heavy atom. The minimum Gasteiger partial charge on any atom is -0.508 e. The van der Waals surface area contributed by atoms with Gasteiger partial charge in [-0.15, -0.1) is 0 Å². The maximum atomic E-state index is 9.27. The fourth-order valence-corrected chi connectivity index (χ4v) is 1.78. The lowest BCUT2D eigenvalue weighted by Gasteiger charge is -1.97. The van der Waals surface area contributed by atoms with E-state index < -0.39 is 0 Å². The molecule has 0 bridgehead atoms. The Morgan fingerprint density at radius 2 is 1.89 bits per heavy atom. The van der Waals surface area contributed by atoms with Gasteiger partial charge in [0, 0.05) is 25.0 Å². The molecule has 0 aliphatic heterocycles. The van der Waals surface area contributed by atoms with Gasteiger partial charge in [0.2, 0.25) is 5.78 Å². The average Bonchev–Trinajstić information content (AvgIpc) is 2.82. The van der Waals surface area contributed by atoms with Gasteiger partial charge >= 0.3 is 0 Å². The number of imidazole rings is 1. The molecule has 0 saturated heterocycles. The number of benzene rings is 1. The first-order valence-corrected chi connectivity index (χ1v) is 5.59. The van der Waals surface area contributed by atoms with Gasteiger partial charge in [-0.2, -0.15) is 4.98 Å². The van der Waals surface area contributed by atoms with Crippen molar-refractivity contribution in [3.05, 3.63) is 42.7 Å². The number of hydrogen-bond donors (Lipinski definition) is 2. The molecular formula is C13H12N4O. The molecule has 0 atom stereocenters. The first kappa shape index (κ1) is 10.6. The Balaban J connectivity index is 2.10. The Labute approximate surface area is 104 Å². The largest absolute Gasteiger partial charge is 0.508 e. The lowest BCUT2D eigenvalue weighted by molar-refractivity contribution is 0.475. The number of anilines is 1. The molecule has 2 aromatic heterocycles. The summed E-state index contributed by atoms with van der Waals surface area (Å²) >= 11 is 0. The maximum absolute atomic E-state index is 9.27. The van der Waals surface area contributed by atoms with Crippen LogP contribution in [0.1, 0.15) is 0 Å². The zero-order valence-corrected chi connectivity index (χ0v) is 9.83. The van der Waals surface area contributed by atoms with Gasteiger partial charge < -0.3 is 10.4 Å². The van der Waals surface area contributed by atoms with Crippen molar-refractivity contribution in [1.82, 2.24) is 14.4 Å². The number of hydrogen-bond acceptors (Lipinski definition) is 4. The zero-order chi connectivity index (χ0) is 12.5. The minimum absolute atomic E-state index is 0.248. The summed E-state index contributed by atoms with van der Waals surface area (Å²) in [6.45, 7) is 0. The third kappa shape index (κ3) is 1.75. The highest BCUT2D eigenvalue weighted by atomic mass is 16.3. The Kier molecular flexibility index (Phi) is 2.37. The summed E-state index contributed by atoms with van der Waals surface area (Å²) in [4.78, 5) is 8.80. The standard InChI is InChI=1S/C13H12N4O/c1-14-12-6-7-17-8-11(15-13(17)16-12)9-2-4-10(18)5-3-9/h2-8,18H,1H3,(H,14,15,16). The predicted molar refractivity (Wildman–Crippen MR) is 69.6 cm³/mol. The second-order valence-corrected chi connectivity index (χ2v) is 3.94. The van der Waals surface area contributed by atoms with Crippen LogP contribution in [-0.4, -0.2) is 26.5 Å². The van der Waals surface area contributed by atoms with Crippen molar-refractivity contribution in [2.24, 2.45) is 0 Å². The van der Waals surface area contributed by atoms with Gasteiger partial charge in [-0.05, 0) is 30.3 Å². The van der Waals surface area contributed by atoms with E-state index in [0.29, 0.717) is 5.78 Å². The van der Waals surface area contributed by atoms with Crippen molar-refractivity contribution in [1.29, 1.82) is 0 Å². The number of phenols is 1. The topological polar surface area (TPSA) is 62.5 Å². The summed E-state index contributed by atoms with van der Waals surface area (Å²) in [6, 6.07) is 8.83. The lowest BCUT2D eigenvalue weighted by atomic mass is 10.2. The van der Waals surface area contributed by atoms with Crippen molar-refractivity contribution in [2.75, 3.05) is 12.4 Å². The Morgan fingerprint density at radius 3 is 2.61 bits per heavy atom. The number of nitrogens with zero attached hydrogens (tertiary/aromatic N) is 3. The third-order valence-electron chi connectivity index (χ3n) is 2.75. The third-order valence-corrected chi connectivity index (χ3v) is 2.75. The van der Waals surface area contributed by atoms with Gasteiger partial charge in [-0.1, -0.05) is 0 Å². The molecule has 3 rings (SSSR count). The molecule has 2 N–H and O–H groups in total. The lowest BCUT2D eigenvalue weighted by Crippen LogP contribution is -1.94. The van der Waals surface area contributed by atoms with Crippen LogP contribution in [0.25, 0.3) is 17.0 Å². The molecule has 0 fully saturated rings. The molecule has 18 heavy (non-hydrogen) atoms. The number of nitrogens with one attached hydrogen (secondary N) is 1. The van der Waals surface area contributed by atoms with Crippen LogP contribution in [0, 0.1) is 0 Å². The number of aromatic hydroxyl groups is 1. The molecule has 2 heterocycles. The van der Waals surface area contributed by atoms with Gasteiger partial charge in [0.15, 0.2) is 0 Å². The molecule has 0 amide bonds. The smallest absolute Gasteiger partial charge is 0.236 e. The molecule has 0 aliphatic rings. The molecule has 0 unspecified atom stereocenters. The Bertz CT molecular complexity index is 688. The zero-order valence-electron chi connectivity index (χ0n) is 9.83. The van der Waals surface area contributed by atoms with E-state index in [0.717, 1.165) is 17.1 Å². The number of phenolic OH excluding ortho intramolecular Hbond substituents is 1. The van der Waals surface area contributed by atoms with Crippen molar-refractivity contribution in [2.45, 2.75) is 0 Å². The summed E-state index contributed by atoms with van der Waals surface area (Å²) in [5.41, 5.74) is 1.78. The molecule has 0 aliphatic carbocycles. The van der Waals surface area contributed by atoms with E-state index in [1.165, 1.54) is 0 Å². The van der Waals surface area contributed by atoms with E-state index in [2.05, 4.69) is 15.3 Å². The molecule has 0 spiro atoms. The minimum atomic E-state index is 0.248. The predicted octanol–water partition coefficient (Wildman–Crippen LogP) is 2.14. The molecule has 0 saturated carbocycles. The fraction of sp³-hybridized carbons (Fsp3) is 0.0769. The van der Waals surface area contributed by atoms with E-state index in [1.54, 1.807) is 12.1 Å². The maximum Gasteiger partial charge on any atom is 0.236 e. The quantitative estimate of drug-likeness (QED) is 0.720. The first-order valence-electron chi connectivity index (χ1n) is 5.59. The normalized spacial score (nSPS) is 10.7. The van der Waals surface area contributed by atoms with Gasteiger partial charge in [-0.3, -0.25) is 4.40 Å². The molecule has 1 aromatic carbocycles. The molecule has 90 valence electrons. The molecule has 0 radical (unpaired) electrons. The molecule has 3 aromatic rings. The van der Waals surface area contributed by atoms with Crippen LogP contribution >= 0.6 is 0 Å². The first-order chi connectivity index (χ1) is 8.76. The number of fused-ring (bicyclic) bond motifs is 1. The highest BCUT2D eigenvalue weighted by Gasteiger charge is 2.05.